The standard InChI is InChI=1S/C16H28O2Si/c1-8-9-15-10-11-16(17-15)18-19(12(2)3,13(4)5)14(6)7/h8,10-14H,1,9H2,2-7H3. The average molecular weight is 280 g/mol. The molecule has 0 radical (unpaired) electrons. The summed E-state index contributed by atoms with van der Waals surface area (Å²) in [6.07, 6.45) is 2.60. The molecule has 0 amide bonds. The third kappa shape index (κ3) is 3.33. The third-order valence-electron chi connectivity index (χ3n) is 3.97. The molecule has 0 atom stereocenters. The molecule has 0 unspecified atom stereocenters. The van der Waals surface area contributed by atoms with E-state index >= 15 is 0 Å². The largest absolute Gasteiger partial charge is 0.518 e. The monoisotopic (exact) mass is 280 g/mol. The van der Waals surface area contributed by atoms with Crippen LogP contribution >= 0.6 is 0 Å². The van der Waals surface area contributed by atoms with Crippen LogP contribution in [0, 0.1) is 0 Å². The maximum absolute atomic E-state index is 6.45. The molecule has 0 bridgehead atoms. The van der Waals surface area contributed by atoms with Gasteiger partial charge in [-0.3, -0.25) is 0 Å². The van der Waals surface area contributed by atoms with Gasteiger partial charge in [-0.1, -0.05) is 47.6 Å². The zero-order valence-corrected chi connectivity index (χ0v) is 14.2. The molecule has 0 aromatic carbocycles. The van der Waals surface area contributed by atoms with Crippen LogP contribution in [-0.2, 0) is 6.42 Å². The van der Waals surface area contributed by atoms with Crippen LogP contribution in [0.4, 0.5) is 0 Å². The molecule has 0 saturated carbocycles. The van der Waals surface area contributed by atoms with Crippen molar-refractivity contribution in [3.63, 3.8) is 0 Å². The first-order chi connectivity index (χ1) is 8.84. The Balaban J connectivity index is 3.02. The first-order valence-electron chi connectivity index (χ1n) is 7.23. The van der Waals surface area contributed by atoms with Crippen molar-refractivity contribution in [2.75, 3.05) is 0 Å². The fourth-order valence-corrected chi connectivity index (χ4v) is 8.36. The van der Waals surface area contributed by atoms with Gasteiger partial charge in [0.1, 0.15) is 5.76 Å². The molecule has 0 aliphatic carbocycles. The van der Waals surface area contributed by atoms with Crippen molar-refractivity contribution in [1.29, 1.82) is 0 Å². The van der Waals surface area contributed by atoms with Crippen LogP contribution < -0.4 is 4.43 Å². The molecule has 1 aromatic rings. The topological polar surface area (TPSA) is 22.4 Å². The highest BCUT2D eigenvalue weighted by Crippen LogP contribution is 2.42. The van der Waals surface area contributed by atoms with Gasteiger partial charge in [-0.15, -0.1) is 6.58 Å². The van der Waals surface area contributed by atoms with Crippen LogP contribution in [0.25, 0.3) is 0 Å². The predicted molar refractivity (Wildman–Crippen MR) is 84.3 cm³/mol. The summed E-state index contributed by atoms with van der Waals surface area (Å²) in [5.41, 5.74) is 1.67. The number of allylic oxidation sites excluding steroid dienone is 1. The lowest BCUT2D eigenvalue weighted by molar-refractivity contribution is 0.347. The van der Waals surface area contributed by atoms with E-state index in [4.69, 9.17) is 8.84 Å². The van der Waals surface area contributed by atoms with Crippen molar-refractivity contribution < 1.29 is 8.84 Å². The Morgan fingerprint density at radius 2 is 1.63 bits per heavy atom. The first-order valence-corrected chi connectivity index (χ1v) is 9.37. The summed E-state index contributed by atoms with van der Waals surface area (Å²) in [7, 11) is -1.90. The zero-order valence-electron chi connectivity index (χ0n) is 13.2. The predicted octanol–water partition coefficient (Wildman–Crippen LogP) is 5.56. The highest BCUT2D eigenvalue weighted by molar-refractivity contribution is 6.78. The van der Waals surface area contributed by atoms with E-state index in [9.17, 15) is 0 Å². The zero-order chi connectivity index (χ0) is 14.6. The maximum Gasteiger partial charge on any atom is 0.270 e. The van der Waals surface area contributed by atoms with Gasteiger partial charge in [0, 0.05) is 12.5 Å². The normalized spacial score (nSPS) is 12.5. The van der Waals surface area contributed by atoms with E-state index in [0.29, 0.717) is 22.6 Å². The number of furan rings is 1. The molecule has 0 saturated heterocycles. The van der Waals surface area contributed by atoms with Gasteiger partial charge in [0.05, 0.1) is 0 Å². The Labute approximate surface area is 119 Å². The molecule has 0 fully saturated rings. The van der Waals surface area contributed by atoms with Gasteiger partial charge in [0.25, 0.3) is 14.3 Å². The van der Waals surface area contributed by atoms with E-state index in [1.165, 1.54) is 0 Å². The van der Waals surface area contributed by atoms with Gasteiger partial charge < -0.3 is 8.84 Å². The first kappa shape index (κ1) is 16.1. The minimum atomic E-state index is -1.90. The summed E-state index contributed by atoms with van der Waals surface area (Å²) in [5.74, 6) is 1.60. The Bertz CT molecular complexity index is 383. The van der Waals surface area contributed by atoms with Crippen LogP contribution in [0.15, 0.2) is 29.2 Å². The van der Waals surface area contributed by atoms with Crippen LogP contribution in [0.3, 0.4) is 0 Å². The van der Waals surface area contributed by atoms with E-state index < -0.39 is 8.32 Å². The van der Waals surface area contributed by atoms with Crippen LogP contribution in [-0.4, -0.2) is 8.32 Å². The minimum absolute atomic E-state index is 0.556. The van der Waals surface area contributed by atoms with Crippen molar-refractivity contribution in [3.05, 3.63) is 30.5 Å². The van der Waals surface area contributed by atoms with Gasteiger partial charge in [0.2, 0.25) is 0 Å². The van der Waals surface area contributed by atoms with Crippen molar-refractivity contribution in [2.45, 2.75) is 64.6 Å². The van der Waals surface area contributed by atoms with Crippen LogP contribution in [0.2, 0.25) is 16.6 Å². The molecule has 0 N–H and O–H groups in total. The molecule has 1 rings (SSSR count). The smallest absolute Gasteiger partial charge is 0.270 e. The Kier molecular flexibility index (Phi) is 5.47. The number of rotatable bonds is 7. The highest BCUT2D eigenvalue weighted by atomic mass is 28.4. The number of hydrogen-bond acceptors (Lipinski definition) is 2. The lowest BCUT2D eigenvalue weighted by Crippen LogP contribution is -2.50. The molecule has 2 nitrogen and oxygen atoms in total. The summed E-state index contributed by atoms with van der Waals surface area (Å²) in [5, 5.41) is 0. The van der Waals surface area contributed by atoms with Crippen LogP contribution in [0.1, 0.15) is 47.3 Å². The van der Waals surface area contributed by atoms with Crippen molar-refractivity contribution in [1.82, 2.24) is 0 Å². The van der Waals surface area contributed by atoms with Gasteiger partial charge in [0.15, 0.2) is 0 Å². The van der Waals surface area contributed by atoms with Gasteiger partial charge in [-0.05, 0) is 22.7 Å². The Morgan fingerprint density at radius 3 is 2.05 bits per heavy atom. The number of hydrogen-bond donors (Lipinski definition) is 0. The molecular weight excluding hydrogens is 252 g/mol. The van der Waals surface area contributed by atoms with Crippen LogP contribution in [0.5, 0.6) is 5.95 Å². The molecular formula is C16H28O2Si. The SMILES string of the molecule is C=CCc1ccc(O[Si](C(C)C)(C(C)C)C(C)C)o1. The summed E-state index contributed by atoms with van der Waals surface area (Å²) in [6.45, 7) is 17.4. The summed E-state index contributed by atoms with van der Waals surface area (Å²) >= 11 is 0. The van der Waals surface area contributed by atoms with E-state index in [0.717, 1.165) is 12.2 Å². The second-order valence-electron chi connectivity index (χ2n) is 6.13. The molecule has 0 aliphatic rings. The lowest BCUT2D eigenvalue weighted by atomic mass is 10.3. The molecule has 0 aliphatic heterocycles. The fourth-order valence-electron chi connectivity index (χ4n) is 3.19. The van der Waals surface area contributed by atoms with Gasteiger partial charge in [-0.2, -0.15) is 0 Å². The van der Waals surface area contributed by atoms with Crippen molar-refractivity contribution in [2.24, 2.45) is 0 Å². The summed E-state index contributed by atoms with van der Waals surface area (Å²) in [6, 6.07) is 3.94. The average Bonchev–Trinajstić information content (AvgIpc) is 2.72. The van der Waals surface area contributed by atoms with Gasteiger partial charge >= 0.3 is 0 Å². The molecule has 108 valence electrons. The summed E-state index contributed by atoms with van der Waals surface area (Å²) in [4.78, 5) is 0. The van der Waals surface area contributed by atoms with Crippen molar-refractivity contribution >= 4 is 8.32 Å². The molecule has 3 heteroatoms. The minimum Gasteiger partial charge on any atom is -0.518 e. The molecule has 1 heterocycles. The summed E-state index contributed by atoms with van der Waals surface area (Å²) < 4.78 is 12.2. The highest BCUT2D eigenvalue weighted by Gasteiger charge is 2.47. The van der Waals surface area contributed by atoms with E-state index in [1.54, 1.807) is 0 Å². The van der Waals surface area contributed by atoms with E-state index in [2.05, 4.69) is 48.1 Å². The van der Waals surface area contributed by atoms with E-state index in [1.807, 2.05) is 18.2 Å². The van der Waals surface area contributed by atoms with Gasteiger partial charge in [-0.25, -0.2) is 0 Å². The Hall–Kier alpha value is -0.963. The second kappa shape index (κ2) is 6.46. The Morgan fingerprint density at radius 1 is 1.11 bits per heavy atom. The maximum atomic E-state index is 6.45. The fraction of sp³-hybridized carbons (Fsp3) is 0.625. The third-order valence-corrected chi connectivity index (χ3v) is 9.94. The lowest BCUT2D eigenvalue weighted by Gasteiger charge is -2.41. The van der Waals surface area contributed by atoms with Crippen molar-refractivity contribution in [3.8, 4) is 5.95 Å². The molecule has 19 heavy (non-hydrogen) atoms. The quantitative estimate of drug-likeness (QED) is 0.482. The second-order valence-corrected chi connectivity index (χ2v) is 11.5. The molecule has 0 spiro atoms. The molecule has 1 aromatic heterocycles. The van der Waals surface area contributed by atoms with E-state index in [-0.39, 0.29) is 0 Å².